The Kier molecular flexibility index (Phi) is 4.83. The zero-order chi connectivity index (χ0) is 15.5. The van der Waals surface area contributed by atoms with Crippen LogP contribution in [0.5, 0.6) is 0 Å². The third-order valence-electron chi connectivity index (χ3n) is 4.01. The van der Waals surface area contributed by atoms with E-state index in [4.69, 9.17) is 5.73 Å². The van der Waals surface area contributed by atoms with Gasteiger partial charge >= 0.3 is 0 Å². The summed E-state index contributed by atoms with van der Waals surface area (Å²) in [7, 11) is 0. The number of primary amides is 1. The summed E-state index contributed by atoms with van der Waals surface area (Å²) in [6.45, 7) is 7.03. The molecule has 4 nitrogen and oxygen atoms in total. The van der Waals surface area contributed by atoms with E-state index < -0.39 is 5.54 Å². The topological polar surface area (TPSA) is 58.4 Å². The molecule has 1 aromatic rings. The molecule has 5 heteroatoms. The summed E-state index contributed by atoms with van der Waals surface area (Å²) in [5.41, 5.74) is 5.45. The average Bonchev–Trinajstić information content (AvgIpc) is 2.40. The molecule has 0 aromatic heterocycles. The largest absolute Gasteiger partial charge is 0.371 e. The molecular formula is C16H24FN3O. The quantitative estimate of drug-likeness (QED) is 0.875. The molecule has 2 rings (SSSR count). The molecule has 0 saturated carbocycles. The molecule has 3 N–H and O–H groups in total. The number of nitrogens with one attached hydrogen (secondary N) is 1. The van der Waals surface area contributed by atoms with Crippen molar-refractivity contribution in [2.24, 2.45) is 11.7 Å². The Morgan fingerprint density at radius 1 is 1.43 bits per heavy atom. The van der Waals surface area contributed by atoms with E-state index in [1.165, 1.54) is 12.1 Å². The molecule has 1 amide bonds. The Bertz CT molecular complexity index is 496. The van der Waals surface area contributed by atoms with Crippen LogP contribution in [0.2, 0.25) is 0 Å². The maximum atomic E-state index is 13.3. The van der Waals surface area contributed by atoms with E-state index in [2.05, 4.69) is 24.1 Å². The Morgan fingerprint density at radius 2 is 2.10 bits per heavy atom. The van der Waals surface area contributed by atoms with Crippen molar-refractivity contribution < 1.29 is 9.18 Å². The molecule has 0 aliphatic carbocycles. The molecular weight excluding hydrogens is 269 g/mol. The number of carbonyl (C=O) groups excluding carboxylic acids is 1. The van der Waals surface area contributed by atoms with Crippen molar-refractivity contribution in [3.8, 4) is 0 Å². The Morgan fingerprint density at radius 3 is 2.62 bits per heavy atom. The van der Waals surface area contributed by atoms with Crippen LogP contribution in [0, 0.1) is 11.7 Å². The standard InChI is InChI=1S/C16H24FN3O/c1-12(2)11-20-8-6-16(7-9-20,15(18)21)19-14-5-3-4-13(17)10-14/h3-5,10,12,19H,6-9,11H2,1-2H3,(H2,18,21). The summed E-state index contributed by atoms with van der Waals surface area (Å²) >= 11 is 0. The summed E-state index contributed by atoms with van der Waals surface area (Å²) in [5, 5.41) is 3.17. The van der Waals surface area contributed by atoms with Gasteiger partial charge in [-0.15, -0.1) is 0 Å². The molecule has 1 heterocycles. The number of nitrogens with two attached hydrogens (primary N) is 1. The van der Waals surface area contributed by atoms with Crippen LogP contribution in [0.25, 0.3) is 0 Å². The number of hydrogen-bond acceptors (Lipinski definition) is 3. The minimum absolute atomic E-state index is 0.322. The van der Waals surface area contributed by atoms with Gasteiger partial charge < -0.3 is 16.0 Å². The zero-order valence-electron chi connectivity index (χ0n) is 12.7. The maximum Gasteiger partial charge on any atom is 0.243 e. The van der Waals surface area contributed by atoms with Gasteiger partial charge in [0, 0.05) is 25.3 Å². The zero-order valence-corrected chi connectivity index (χ0v) is 12.7. The second-order valence-corrected chi connectivity index (χ2v) is 6.28. The fourth-order valence-corrected chi connectivity index (χ4v) is 2.91. The summed E-state index contributed by atoms with van der Waals surface area (Å²) in [5.74, 6) is -0.0879. The summed E-state index contributed by atoms with van der Waals surface area (Å²) in [6.07, 6.45) is 1.29. The van der Waals surface area contributed by atoms with Gasteiger partial charge in [-0.1, -0.05) is 19.9 Å². The molecule has 116 valence electrons. The third kappa shape index (κ3) is 3.94. The minimum Gasteiger partial charge on any atom is -0.371 e. The Balaban J connectivity index is 2.07. The predicted octanol–water partition coefficient (Wildman–Crippen LogP) is 2.21. The van der Waals surface area contributed by atoms with E-state index in [0.29, 0.717) is 24.4 Å². The Labute approximate surface area is 125 Å². The minimum atomic E-state index is -0.777. The summed E-state index contributed by atoms with van der Waals surface area (Å²) in [6, 6.07) is 6.16. The van der Waals surface area contributed by atoms with E-state index in [-0.39, 0.29) is 11.7 Å². The van der Waals surface area contributed by atoms with E-state index in [1.54, 1.807) is 12.1 Å². The maximum absolute atomic E-state index is 13.3. The van der Waals surface area contributed by atoms with Gasteiger partial charge in [0.05, 0.1) is 0 Å². The summed E-state index contributed by atoms with van der Waals surface area (Å²) < 4.78 is 13.3. The van der Waals surface area contributed by atoms with Crippen LogP contribution in [0.3, 0.4) is 0 Å². The van der Waals surface area contributed by atoms with Gasteiger partial charge in [-0.2, -0.15) is 0 Å². The van der Waals surface area contributed by atoms with E-state index in [0.717, 1.165) is 19.6 Å². The van der Waals surface area contributed by atoms with E-state index >= 15 is 0 Å². The Hall–Kier alpha value is -1.62. The molecule has 1 fully saturated rings. The second-order valence-electron chi connectivity index (χ2n) is 6.28. The normalized spacial score (nSPS) is 18.7. The molecule has 1 aliphatic rings. The number of amides is 1. The number of halogens is 1. The highest BCUT2D eigenvalue weighted by atomic mass is 19.1. The first-order valence-corrected chi connectivity index (χ1v) is 7.47. The number of piperidine rings is 1. The van der Waals surface area contributed by atoms with Gasteiger partial charge in [0.25, 0.3) is 0 Å². The lowest BCUT2D eigenvalue weighted by atomic mass is 9.86. The first kappa shape index (κ1) is 15.8. The van der Waals surface area contributed by atoms with Crippen molar-refractivity contribution >= 4 is 11.6 Å². The van der Waals surface area contributed by atoms with Gasteiger partial charge in [0.1, 0.15) is 11.4 Å². The fourth-order valence-electron chi connectivity index (χ4n) is 2.91. The van der Waals surface area contributed by atoms with Crippen LogP contribution in [0.1, 0.15) is 26.7 Å². The number of nitrogens with zero attached hydrogens (tertiary/aromatic N) is 1. The monoisotopic (exact) mass is 293 g/mol. The van der Waals surface area contributed by atoms with Crippen LogP contribution in [-0.2, 0) is 4.79 Å². The lowest BCUT2D eigenvalue weighted by Gasteiger charge is -2.41. The van der Waals surface area contributed by atoms with Crippen molar-refractivity contribution in [3.05, 3.63) is 30.1 Å². The van der Waals surface area contributed by atoms with Gasteiger partial charge in [0.15, 0.2) is 0 Å². The van der Waals surface area contributed by atoms with Gasteiger partial charge in [-0.3, -0.25) is 4.79 Å². The first-order valence-electron chi connectivity index (χ1n) is 7.47. The molecule has 21 heavy (non-hydrogen) atoms. The molecule has 0 radical (unpaired) electrons. The fraction of sp³-hybridized carbons (Fsp3) is 0.562. The number of hydrogen-bond donors (Lipinski definition) is 2. The molecule has 0 spiro atoms. The van der Waals surface area contributed by atoms with Gasteiger partial charge in [0.2, 0.25) is 5.91 Å². The first-order chi connectivity index (χ1) is 9.91. The predicted molar refractivity (Wildman–Crippen MR) is 82.5 cm³/mol. The van der Waals surface area contributed by atoms with Crippen LogP contribution >= 0.6 is 0 Å². The highest BCUT2D eigenvalue weighted by molar-refractivity contribution is 5.88. The van der Waals surface area contributed by atoms with Crippen LogP contribution < -0.4 is 11.1 Å². The van der Waals surface area contributed by atoms with Crippen LogP contribution in [0.15, 0.2) is 24.3 Å². The molecule has 0 bridgehead atoms. The van der Waals surface area contributed by atoms with Crippen molar-refractivity contribution in [2.45, 2.75) is 32.2 Å². The van der Waals surface area contributed by atoms with E-state index in [1.807, 2.05) is 0 Å². The van der Waals surface area contributed by atoms with Crippen molar-refractivity contribution in [1.29, 1.82) is 0 Å². The number of carbonyl (C=O) groups is 1. The summed E-state index contributed by atoms with van der Waals surface area (Å²) in [4.78, 5) is 14.3. The highest BCUT2D eigenvalue weighted by Crippen LogP contribution is 2.27. The average molecular weight is 293 g/mol. The van der Waals surface area contributed by atoms with Crippen molar-refractivity contribution in [1.82, 2.24) is 4.90 Å². The molecule has 1 saturated heterocycles. The van der Waals surface area contributed by atoms with Crippen LogP contribution in [0.4, 0.5) is 10.1 Å². The highest BCUT2D eigenvalue weighted by Gasteiger charge is 2.39. The van der Waals surface area contributed by atoms with Gasteiger partial charge in [-0.05, 0) is 37.0 Å². The number of anilines is 1. The lowest BCUT2D eigenvalue weighted by Crippen LogP contribution is -2.57. The number of benzene rings is 1. The second kappa shape index (κ2) is 6.43. The van der Waals surface area contributed by atoms with Crippen LogP contribution in [-0.4, -0.2) is 36.0 Å². The molecule has 0 atom stereocenters. The van der Waals surface area contributed by atoms with Crippen molar-refractivity contribution in [3.63, 3.8) is 0 Å². The SMILES string of the molecule is CC(C)CN1CCC(Nc2cccc(F)c2)(C(N)=O)CC1. The molecule has 1 aromatic carbocycles. The molecule has 1 aliphatic heterocycles. The molecule has 0 unspecified atom stereocenters. The van der Waals surface area contributed by atoms with Gasteiger partial charge in [-0.25, -0.2) is 4.39 Å². The number of likely N-dealkylation sites (tertiary alicyclic amines) is 1. The smallest absolute Gasteiger partial charge is 0.243 e. The third-order valence-corrected chi connectivity index (χ3v) is 4.01. The number of rotatable bonds is 5. The lowest BCUT2D eigenvalue weighted by molar-refractivity contribution is -0.123. The van der Waals surface area contributed by atoms with E-state index in [9.17, 15) is 9.18 Å². The van der Waals surface area contributed by atoms with Crippen molar-refractivity contribution in [2.75, 3.05) is 25.0 Å².